The quantitative estimate of drug-likeness (QED) is 0.0247. The van der Waals surface area contributed by atoms with Crippen LogP contribution in [-0.4, -0.2) is 46.9 Å². The van der Waals surface area contributed by atoms with E-state index in [4.69, 9.17) is 4.74 Å². The number of hydrogen-bond acceptors (Lipinski definition) is 5. The highest BCUT2D eigenvalue weighted by Crippen LogP contribution is 2.15. The number of esters is 1. The van der Waals surface area contributed by atoms with Crippen molar-refractivity contribution in [3.05, 3.63) is 122 Å². The van der Waals surface area contributed by atoms with Crippen LogP contribution in [0.3, 0.4) is 0 Å². The number of aliphatic hydroxyl groups excluding tert-OH is 2. The summed E-state index contributed by atoms with van der Waals surface area (Å²) in [4.78, 5) is 26.0. The first-order valence-corrected chi connectivity index (χ1v) is 24.3. The lowest BCUT2D eigenvalue weighted by Gasteiger charge is -2.24. The van der Waals surface area contributed by atoms with Gasteiger partial charge < -0.3 is 20.3 Å². The monoisotopic (exact) mass is 844 g/mol. The molecule has 0 aromatic carbocycles. The Bertz CT molecular complexity index is 1310. The molecular formula is C55H89NO5. The summed E-state index contributed by atoms with van der Waals surface area (Å²) in [6, 6.07) is -0.753. The predicted molar refractivity (Wildman–Crippen MR) is 263 cm³/mol. The molecule has 0 bridgehead atoms. The van der Waals surface area contributed by atoms with Crippen molar-refractivity contribution in [2.24, 2.45) is 0 Å². The average molecular weight is 844 g/mol. The Morgan fingerprint density at radius 3 is 1.51 bits per heavy atom. The topological polar surface area (TPSA) is 95.9 Å². The number of carbonyl (C=O) groups excluding carboxylic acids is 2. The smallest absolute Gasteiger partial charge is 0.306 e. The number of hydrogen-bond donors (Lipinski definition) is 3. The lowest BCUT2D eigenvalue weighted by atomic mass is 10.0. The molecule has 6 heteroatoms. The zero-order valence-electron chi connectivity index (χ0n) is 39.0. The molecule has 344 valence electrons. The second kappa shape index (κ2) is 47.3. The SMILES string of the molecule is CC/C=C\C/C=C\C/C=C\C/C=C\C/C=C\CCCCCC(=O)OC(C/C=C/C=C\C=C/C=C/C=C/CC)CC(=O)NC(CO)C(O)CCCCCCCCCCCCCC. The zero-order valence-corrected chi connectivity index (χ0v) is 39.0. The van der Waals surface area contributed by atoms with Crippen molar-refractivity contribution < 1.29 is 24.5 Å². The number of rotatable bonds is 41. The molecule has 0 aliphatic rings. The van der Waals surface area contributed by atoms with Crippen LogP contribution >= 0.6 is 0 Å². The second-order valence-corrected chi connectivity index (χ2v) is 15.9. The highest BCUT2D eigenvalue weighted by atomic mass is 16.5. The molecule has 3 N–H and O–H groups in total. The first kappa shape index (κ1) is 57.3. The summed E-state index contributed by atoms with van der Waals surface area (Å²) in [6.45, 7) is 6.15. The molecule has 0 saturated carbocycles. The van der Waals surface area contributed by atoms with Crippen molar-refractivity contribution in [2.45, 2.75) is 206 Å². The van der Waals surface area contributed by atoms with Gasteiger partial charge in [-0.05, 0) is 64.2 Å². The molecule has 0 saturated heterocycles. The molecule has 0 aliphatic heterocycles. The molecular weight excluding hydrogens is 755 g/mol. The summed E-state index contributed by atoms with van der Waals surface area (Å²) in [7, 11) is 0. The van der Waals surface area contributed by atoms with Gasteiger partial charge in [-0.15, -0.1) is 0 Å². The van der Waals surface area contributed by atoms with Crippen LogP contribution < -0.4 is 5.32 Å². The van der Waals surface area contributed by atoms with Gasteiger partial charge in [0.1, 0.15) is 6.10 Å². The molecule has 0 heterocycles. The van der Waals surface area contributed by atoms with Crippen LogP contribution in [-0.2, 0) is 14.3 Å². The number of unbranched alkanes of at least 4 members (excludes halogenated alkanes) is 14. The third kappa shape index (κ3) is 42.7. The van der Waals surface area contributed by atoms with E-state index in [1.165, 1.54) is 57.8 Å². The molecule has 0 fully saturated rings. The number of carbonyl (C=O) groups is 2. The number of ether oxygens (including phenoxy) is 1. The van der Waals surface area contributed by atoms with Gasteiger partial charge in [0.2, 0.25) is 5.91 Å². The zero-order chi connectivity index (χ0) is 44.5. The minimum absolute atomic E-state index is 0.0400. The Labute approximate surface area is 374 Å². The van der Waals surface area contributed by atoms with Gasteiger partial charge in [-0.3, -0.25) is 9.59 Å². The molecule has 0 spiro atoms. The van der Waals surface area contributed by atoms with Gasteiger partial charge in [-0.2, -0.15) is 0 Å². The third-order valence-corrected chi connectivity index (χ3v) is 10.2. The Hall–Kier alpha value is -3.74. The highest BCUT2D eigenvalue weighted by molar-refractivity contribution is 5.77. The summed E-state index contributed by atoms with van der Waals surface area (Å²) in [5.74, 6) is -0.660. The van der Waals surface area contributed by atoms with Gasteiger partial charge in [-0.25, -0.2) is 0 Å². The summed E-state index contributed by atoms with van der Waals surface area (Å²) in [5.41, 5.74) is 0. The lowest BCUT2D eigenvalue weighted by Crippen LogP contribution is -2.46. The highest BCUT2D eigenvalue weighted by Gasteiger charge is 2.23. The summed E-state index contributed by atoms with van der Waals surface area (Å²) in [5, 5.41) is 23.6. The maximum atomic E-state index is 13.1. The van der Waals surface area contributed by atoms with E-state index in [1.807, 2.05) is 54.7 Å². The van der Waals surface area contributed by atoms with Gasteiger partial charge in [-0.1, -0.05) is 226 Å². The van der Waals surface area contributed by atoms with Crippen LogP contribution in [0.5, 0.6) is 0 Å². The maximum absolute atomic E-state index is 13.1. The fourth-order valence-electron chi connectivity index (χ4n) is 6.53. The first-order chi connectivity index (χ1) is 30.0. The van der Waals surface area contributed by atoms with E-state index in [-0.39, 0.29) is 24.9 Å². The molecule has 0 aromatic heterocycles. The summed E-state index contributed by atoms with van der Waals surface area (Å²) in [6.07, 6.45) is 65.7. The third-order valence-electron chi connectivity index (χ3n) is 10.2. The minimum Gasteiger partial charge on any atom is -0.461 e. The molecule has 0 aliphatic carbocycles. The molecule has 6 nitrogen and oxygen atoms in total. The molecule has 0 radical (unpaired) electrons. The van der Waals surface area contributed by atoms with Gasteiger partial charge in [0, 0.05) is 12.8 Å². The van der Waals surface area contributed by atoms with Crippen molar-refractivity contribution in [3.63, 3.8) is 0 Å². The largest absolute Gasteiger partial charge is 0.461 e. The van der Waals surface area contributed by atoms with E-state index < -0.39 is 18.2 Å². The standard InChI is InChI=1S/C55H89NO5/c1-4-7-10-13-16-19-22-24-25-26-27-28-29-30-33-36-39-42-45-48-55(60)61-51(46-43-40-37-34-31-21-18-15-12-9-6-3)49-54(59)56-52(50-57)53(58)47-44-41-38-35-32-23-20-17-14-11-8-5-2/h7,9-10,12,15-16,18-19,21,24-25,27-28,30-31,33-34,37,40,43,51-53,57-58H,4-6,8,11,13-14,17,20,22-23,26,29,32,35-36,38-39,41-42,44-50H2,1-3H3,(H,56,59)/b10-7-,12-9+,18-15+,19-16-,25-24-,28-27-,31-21-,33-30-,37-34-,43-40+. The van der Waals surface area contributed by atoms with Gasteiger partial charge in [0.15, 0.2) is 0 Å². The summed E-state index contributed by atoms with van der Waals surface area (Å²) < 4.78 is 5.81. The van der Waals surface area contributed by atoms with Crippen LogP contribution in [0.2, 0.25) is 0 Å². The lowest BCUT2D eigenvalue weighted by molar-refractivity contribution is -0.150. The number of allylic oxidation sites excluding steroid dienone is 19. The average Bonchev–Trinajstić information content (AvgIpc) is 3.25. The van der Waals surface area contributed by atoms with E-state index in [2.05, 4.69) is 92.9 Å². The minimum atomic E-state index is -0.830. The summed E-state index contributed by atoms with van der Waals surface area (Å²) >= 11 is 0. The van der Waals surface area contributed by atoms with Crippen LogP contribution in [0.15, 0.2) is 122 Å². The van der Waals surface area contributed by atoms with E-state index in [0.29, 0.717) is 19.3 Å². The number of amides is 1. The van der Waals surface area contributed by atoms with Crippen molar-refractivity contribution >= 4 is 11.9 Å². The van der Waals surface area contributed by atoms with E-state index >= 15 is 0 Å². The van der Waals surface area contributed by atoms with Gasteiger partial charge in [0.25, 0.3) is 0 Å². The Morgan fingerprint density at radius 2 is 0.984 bits per heavy atom. The molecule has 3 unspecified atom stereocenters. The second-order valence-electron chi connectivity index (χ2n) is 15.9. The van der Waals surface area contributed by atoms with Crippen molar-refractivity contribution in [1.82, 2.24) is 5.32 Å². The van der Waals surface area contributed by atoms with E-state index in [9.17, 15) is 19.8 Å². The Balaban J connectivity index is 4.74. The first-order valence-electron chi connectivity index (χ1n) is 24.3. The number of aliphatic hydroxyl groups is 2. The van der Waals surface area contributed by atoms with Crippen LogP contribution in [0.4, 0.5) is 0 Å². The molecule has 61 heavy (non-hydrogen) atoms. The number of nitrogens with one attached hydrogen (secondary N) is 1. The van der Waals surface area contributed by atoms with Crippen molar-refractivity contribution in [2.75, 3.05) is 6.61 Å². The Kier molecular flexibility index (Phi) is 44.4. The van der Waals surface area contributed by atoms with Crippen molar-refractivity contribution in [3.8, 4) is 0 Å². The van der Waals surface area contributed by atoms with Crippen LogP contribution in [0.25, 0.3) is 0 Å². The predicted octanol–water partition coefficient (Wildman–Crippen LogP) is 14.5. The maximum Gasteiger partial charge on any atom is 0.306 e. The normalized spacial score (nSPS) is 14.4. The molecule has 0 rings (SSSR count). The van der Waals surface area contributed by atoms with E-state index in [0.717, 1.165) is 83.5 Å². The fourth-order valence-corrected chi connectivity index (χ4v) is 6.53. The van der Waals surface area contributed by atoms with Crippen LogP contribution in [0.1, 0.15) is 188 Å². The molecule has 0 aromatic rings. The molecule has 3 atom stereocenters. The Morgan fingerprint density at radius 1 is 0.525 bits per heavy atom. The van der Waals surface area contributed by atoms with Gasteiger partial charge in [0.05, 0.1) is 25.2 Å². The van der Waals surface area contributed by atoms with Crippen molar-refractivity contribution in [1.29, 1.82) is 0 Å². The van der Waals surface area contributed by atoms with Gasteiger partial charge >= 0.3 is 5.97 Å². The van der Waals surface area contributed by atoms with Crippen LogP contribution in [0, 0.1) is 0 Å². The fraction of sp³-hybridized carbons (Fsp3) is 0.600. The van der Waals surface area contributed by atoms with E-state index in [1.54, 1.807) is 0 Å². The molecule has 1 amide bonds.